The molecule has 10 aromatic rings. The molecule has 2 aliphatic rings. The lowest BCUT2D eigenvalue weighted by molar-refractivity contribution is 0.436. The standard InChI is InChI=1S/C49H29NO3/c1-2-13-30(14-3-1)50(31-25-26-33-32-15-5-9-21-40(32)51-45(33)29-31)39-20-12-24-43-47(39)48-44(53-43)28-27-38-46(48)34-16-4-6-17-35(34)49(38)36-18-7-10-22-41(36)52-42-23-11-8-19-37(42)49/h1-29H. The molecule has 8 aromatic carbocycles. The maximum absolute atomic E-state index is 6.81. The van der Waals surface area contributed by atoms with Gasteiger partial charge in [-0.15, -0.1) is 0 Å². The van der Waals surface area contributed by atoms with E-state index in [0.29, 0.717) is 0 Å². The Bertz CT molecular complexity index is 3070. The van der Waals surface area contributed by atoms with E-state index in [-0.39, 0.29) is 0 Å². The molecule has 1 spiro atoms. The van der Waals surface area contributed by atoms with E-state index in [2.05, 4.69) is 169 Å². The van der Waals surface area contributed by atoms with Crippen molar-refractivity contribution in [3.8, 4) is 22.6 Å². The minimum Gasteiger partial charge on any atom is -0.457 e. The molecule has 0 amide bonds. The zero-order chi connectivity index (χ0) is 34.7. The summed E-state index contributed by atoms with van der Waals surface area (Å²) < 4.78 is 19.8. The number of hydrogen-bond donors (Lipinski definition) is 0. The number of ether oxygens (including phenoxy) is 1. The maximum atomic E-state index is 6.81. The minimum atomic E-state index is -0.574. The van der Waals surface area contributed by atoms with Crippen LogP contribution in [0.25, 0.3) is 55.0 Å². The molecule has 0 saturated heterocycles. The van der Waals surface area contributed by atoms with Gasteiger partial charge in [-0.3, -0.25) is 0 Å². The monoisotopic (exact) mass is 679 g/mol. The van der Waals surface area contributed by atoms with Crippen molar-refractivity contribution in [1.29, 1.82) is 0 Å². The van der Waals surface area contributed by atoms with Gasteiger partial charge in [-0.2, -0.15) is 0 Å². The van der Waals surface area contributed by atoms with Gasteiger partial charge >= 0.3 is 0 Å². The maximum Gasteiger partial charge on any atom is 0.137 e. The fourth-order valence-corrected chi connectivity index (χ4v) is 9.28. The first-order valence-corrected chi connectivity index (χ1v) is 18.0. The van der Waals surface area contributed by atoms with Gasteiger partial charge in [0, 0.05) is 44.7 Å². The van der Waals surface area contributed by atoms with E-state index < -0.39 is 5.41 Å². The van der Waals surface area contributed by atoms with Crippen molar-refractivity contribution >= 4 is 60.9 Å². The van der Waals surface area contributed by atoms with Crippen LogP contribution in [0.15, 0.2) is 185 Å². The Morgan fingerprint density at radius 2 is 1.04 bits per heavy atom. The van der Waals surface area contributed by atoms with Crippen LogP contribution in [-0.2, 0) is 5.41 Å². The summed E-state index contributed by atoms with van der Waals surface area (Å²) in [4.78, 5) is 2.33. The van der Waals surface area contributed by atoms with Crippen molar-refractivity contribution in [2.45, 2.75) is 5.41 Å². The van der Waals surface area contributed by atoms with Gasteiger partial charge in [-0.25, -0.2) is 0 Å². The smallest absolute Gasteiger partial charge is 0.137 e. The van der Waals surface area contributed by atoms with Crippen molar-refractivity contribution in [3.05, 3.63) is 198 Å². The first-order valence-electron chi connectivity index (χ1n) is 18.0. The molecule has 4 nitrogen and oxygen atoms in total. The van der Waals surface area contributed by atoms with Gasteiger partial charge < -0.3 is 18.5 Å². The van der Waals surface area contributed by atoms with Crippen LogP contribution in [0, 0.1) is 0 Å². The molecule has 0 bridgehead atoms. The van der Waals surface area contributed by atoms with Crippen molar-refractivity contribution in [2.75, 3.05) is 4.90 Å². The normalized spacial score (nSPS) is 13.6. The van der Waals surface area contributed by atoms with E-state index in [4.69, 9.17) is 13.6 Å². The van der Waals surface area contributed by atoms with E-state index in [9.17, 15) is 0 Å². The third-order valence-corrected chi connectivity index (χ3v) is 11.3. The molecule has 0 saturated carbocycles. The minimum absolute atomic E-state index is 0.574. The highest BCUT2D eigenvalue weighted by molar-refractivity contribution is 6.21. The molecule has 0 radical (unpaired) electrons. The van der Waals surface area contributed by atoms with Crippen LogP contribution in [0.4, 0.5) is 17.1 Å². The van der Waals surface area contributed by atoms with Gasteiger partial charge in [0.1, 0.15) is 33.8 Å². The summed E-state index contributed by atoms with van der Waals surface area (Å²) >= 11 is 0. The number of fused-ring (bicyclic) bond motifs is 16. The lowest BCUT2D eigenvalue weighted by Crippen LogP contribution is -2.32. The summed E-state index contributed by atoms with van der Waals surface area (Å²) in [6, 6.07) is 62.1. The molecule has 3 heterocycles. The zero-order valence-corrected chi connectivity index (χ0v) is 28.4. The molecule has 0 N–H and O–H groups in total. The van der Waals surface area contributed by atoms with Gasteiger partial charge in [0.15, 0.2) is 0 Å². The quantitative estimate of drug-likeness (QED) is 0.186. The van der Waals surface area contributed by atoms with Gasteiger partial charge in [-0.05, 0) is 82.9 Å². The number of hydrogen-bond acceptors (Lipinski definition) is 4. The van der Waals surface area contributed by atoms with Crippen molar-refractivity contribution in [1.82, 2.24) is 0 Å². The fourth-order valence-electron chi connectivity index (χ4n) is 9.28. The molecular formula is C49H29NO3. The Kier molecular flexibility index (Phi) is 5.67. The second-order valence-electron chi connectivity index (χ2n) is 14.0. The van der Waals surface area contributed by atoms with Gasteiger partial charge in [-0.1, -0.05) is 109 Å². The van der Waals surface area contributed by atoms with E-state index in [1.165, 1.54) is 22.3 Å². The first kappa shape index (κ1) is 28.6. The van der Waals surface area contributed by atoms with Crippen LogP contribution in [0.2, 0.25) is 0 Å². The second-order valence-corrected chi connectivity index (χ2v) is 14.0. The second kappa shape index (κ2) is 10.5. The molecule has 1 aliphatic carbocycles. The van der Waals surface area contributed by atoms with E-state index in [1.807, 2.05) is 12.1 Å². The lowest BCUT2D eigenvalue weighted by atomic mass is 9.66. The van der Waals surface area contributed by atoms with Crippen LogP contribution in [0.5, 0.6) is 11.5 Å². The number of nitrogens with zero attached hydrogens (tertiary/aromatic N) is 1. The van der Waals surface area contributed by atoms with Gasteiger partial charge in [0.05, 0.1) is 16.5 Å². The van der Waals surface area contributed by atoms with E-state index in [0.717, 1.165) is 83.6 Å². The highest BCUT2D eigenvalue weighted by Crippen LogP contribution is 2.64. The molecule has 248 valence electrons. The molecule has 2 aromatic heterocycles. The Morgan fingerprint density at radius 3 is 1.87 bits per heavy atom. The summed E-state index contributed by atoms with van der Waals surface area (Å²) in [6.45, 7) is 0. The number of furan rings is 2. The third kappa shape index (κ3) is 3.74. The Balaban J connectivity index is 1.19. The molecular weight excluding hydrogens is 651 g/mol. The molecule has 53 heavy (non-hydrogen) atoms. The average molecular weight is 680 g/mol. The topological polar surface area (TPSA) is 38.8 Å². The molecule has 0 fully saturated rings. The highest BCUT2D eigenvalue weighted by atomic mass is 16.5. The molecule has 0 unspecified atom stereocenters. The van der Waals surface area contributed by atoms with Crippen LogP contribution in [0.3, 0.4) is 0 Å². The Morgan fingerprint density at radius 1 is 0.396 bits per heavy atom. The summed E-state index contributed by atoms with van der Waals surface area (Å²) in [5, 5.41) is 4.38. The van der Waals surface area contributed by atoms with Crippen molar-refractivity contribution in [2.24, 2.45) is 0 Å². The largest absolute Gasteiger partial charge is 0.457 e. The van der Waals surface area contributed by atoms with Crippen molar-refractivity contribution < 1.29 is 13.6 Å². The van der Waals surface area contributed by atoms with Gasteiger partial charge in [0.25, 0.3) is 0 Å². The Hall–Kier alpha value is -7.04. The molecule has 0 atom stereocenters. The Labute approximate surface area is 304 Å². The lowest BCUT2D eigenvalue weighted by Gasteiger charge is -2.39. The van der Waals surface area contributed by atoms with E-state index >= 15 is 0 Å². The van der Waals surface area contributed by atoms with Crippen LogP contribution in [-0.4, -0.2) is 0 Å². The summed E-state index contributed by atoms with van der Waals surface area (Å²) in [5.41, 5.74) is 13.1. The number of anilines is 3. The fraction of sp³-hybridized carbons (Fsp3) is 0.0204. The third-order valence-electron chi connectivity index (χ3n) is 11.3. The average Bonchev–Trinajstić information content (AvgIpc) is 3.87. The molecule has 1 aliphatic heterocycles. The number of benzene rings is 8. The predicted octanol–water partition coefficient (Wildman–Crippen LogP) is 13.4. The van der Waals surface area contributed by atoms with Crippen LogP contribution < -0.4 is 9.64 Å². The van der Waals surface area contributed by atoms with Crippen molar-refractivity contribution in [3.63, 3.8) is 0 Å². The SMILES string of the molecule is c1ccc(N(c2ccc3c(c2)oc2ccccc23)c2cccc3oc4ccc5c(c4c23)-c2ccccc2C52c3ccccc3Oc3ccccc32)cc1. The number of para-hydroxylation sites is 4. The zero-order valence-electron chi connectivity index (χ0n) is 28.4. The first-order chi connectivity index (χ1) is 26.3. The highest BCUT2D eigenvalue weighted by Gasteiger charge is 2.51. The van der Waals surface area contributed by atoms with Crippen LogP contribution >= 0.6 is 0 Å². The summed E-state index contributed by atoms with van der Waals surface area (Å²) in [6.07, 6.45) is 0. The number of rotatable bonds is 3. The molecule has 4 heteroatoms. The summed E-state index contributed by atoms with van der Waals surface area (Å²) in [7, 11) is 0. The van der Waals surface area contributed by atoms with Gasteiger partial charge in [0.2, 0.25) is 0 Å². The summed E-state index contributed by atoms with van der Waals surface area (Å²) in [5.74, 6) is 1.76. The predicted molar refractivity (Wildman–Crippen MR) is 213 cm³/mol. The van der Waals surface area contributed by atoms with Crippen LogP contribution in [0.1, 0.15) is 22.3 Å². The van der Waals surface area contributed by atoms with E-state index in [1.54, 1.807) is 0 Å². The molecule has 12 rings (SSSR count).